The molecule has 0 aromatic heterocycles. The SMILES string of the molecule is CCC(Br)C(=O)Nc1ccc(O)c(C)c1. The number of alkyl halides is 1. The van der Waals surface area contributed by atoms with Crippen LogP contribution in [0.2, 0.25) is 0 Å². The van der Waals surface area contributed by atoms with Crippen molar-refractivity contribution in [1.82, 2.24) is 0 Å². The van der Waals surface area contributed by atoms with Crippen molar-refractivity contribution in [2.45, 2.75) is 25.1 Å². The lowest BCUT2D eigenvalue weighted by Crippen LogP contribution is -2.21. The number of nitrogens with one attached hydrogen (secondary N) is 1. The van der Waals surface area contributed by atoms with Gasteiger partial charge in [-0.15, -0.1) is 0 Å². The fourth-order valence-corrected chi connectivity index (χ4v) is 1.25. The van der Waals surface area contributed by atoms with Crippen LogP contribution in [0, 0.1) is 6.92 Å². The zero-order valence-electron chi connectivity index (χ0n) is 8.75. The summed E-state index contributed by atoms with van der Waals surface area (Å²) in [6, 6.07) is 4.98. The molecule has 0 heterocycles. The molecule has 0 bridgehead atoms. The standard InChI is InChI=1S/C11H14BrNO2/c1-3-9(12)11(15)13-8-4-5-10(14)7(2)6-8/h4-6,9,14H,3H2,1-2H3,(H,13,15). The van der Waals surface area contributed by atoms with Crippen molar-refractivity contribution in [2.75, 3.05) is 5.32 Å². The lowest BCUT2D eigenvalue weighted by molar-refractivity contribution is -0.115. The highest BCUT2D eigenvalue weighted by Crippen LogP contribution is 2.20. The van der Waals surface area contributed by atoms with Gasteiger partial charge in [0.05, 0.1) is 4.83 Å². The highest BCUT2D eigenvalue weighted by Gasteiger charge is 2.12. The van der Waals surface area contributed by atoms with Crippen molar-refractivity contribution in [2.24, 2.45) is 0 Å². The number of anilines is 1. The average Bonchev–Trinajstić information content (AvgIpc) is 2.22. The topological polar surface area (TPSA) is 49.3 Å². The maximum absolute atomic E-state index is 11.5. The van der Waals surface area contributed by atoms with Crippen molar-refractivity contribution < 1.29 is 9.90 Å². The molecule has 1 aromatic rings. The number of amides is 1. The number of phenolic OH excluding ortho intramolecular Hbond substituents is 1. The Hall–Kier alpha value is -1.03. The second-order valence-electron chi connectivity index (χ2n) is 3.37. The number of carbonyl (C=O) groups is 1. The number of benzene rings is 1. The van der Waals surface area contributed by atoms with Crippen molar-refractivity contribution in [1.29, 1.82) is 0 Å². The van der Waals surface area contributed by atoms with Gasteiger partial charge in [0.15, 0.2) is 0 Å². The molecule has 15 heavy (non-hydrogen) atoms. The van der Waals surface area contributed by atoms with Gasteiger partial charge in [0.1, 0.15) is 5.75 Å². The van der Waals surface area contributed by atoms with Gasteiger partial charge in [0.25, 0.3) is 0 Å². The van der Waals surface area contributed by atoms with Crippen molar-refractivity contribution in [3.8, 4) is 5.75 Å². The molecule has 4 heteroatoms. The zero-order chi connectivity index (χ0) is 11.4. The Morgan fingerprint density at radius 2 is 2.27 bits per heavy atom. The number of carbonyl (C=O) groups excluding carboxylic acids is 1. The van der Waals surface area contributed by atoms with Crippen LogP contribution >= 0.6 is 15.9 Å². The maximum atomic E-state index is 11.5. The van der Waals surface area contributed by atoms with E-state index >= 15 is 0 Å². The first-order valence-corrected chi connectivity index (χ1v) is 5.70. The summed E-state index contributed by atoms with van der Waals surface area (Å²) in [5.41, 5.74) is 1.45. The Kier molecular flexibility index (Phi) is 4.15. The molecule has 1 amide bonds. The van der Waals surface area contributed by atoms with Crippen LogP contribution in [0.15, 0.2) is 18.2 Å². The van der Waals surface area contributed by atoms with Crippen LogP contribution in [-0.2, 0) is 4.79 Å². The van der Waals surface area contributed by atoms with E-state index in [1.54, 1.807) is 25.1 Å². The highest BCUT2D eigenvalue weighted by molar-refractivity contribution is 9.10. The number of halogens is 1. The van der Waals surface area contributed by atoms with Gasteiger partial charge in [0.2, 0.25) is 5.91 Å². The molecule has 2 N–H and O–H groups in total. The molecule has 0 saturated carbocycles. The van der Waals surface area contributed by atoms with Crippen LogP contribution in [0.1, 0.15) is 18.9 Å². The molecule has 0 aliphatic rings. The largest absolute Gasteiger partial charge is 0.508 e. The second-order valence-corrected chi connectivity index (χ2v) is 4.47. The van der Waals surface area contributed by atoms with Gasteiger partial charge in [-0.2, -0.15) is 0 Å². The lowest BCUT2D eigenvalue weighted by atomic mass is 10.2. The quantitative estimate of drug-likeness (QED) is 0.656. The Bertz CT molecular complexity index is 366. The molecule has 3 nitrogen and oxygen atoms in total. The molecule has 0 radical (unpaired) electrons. The van der Waals surface area contributed by atoms with Crippen LogP contribution in [0.3, 0.4) is 0 Å². The van der Waals surface area contributed by atoms with E-state index < -0.39 is 0 Å². The molecule has 0 fully saturated rings. The van der Waals surface area contributed by atoms with Crippen molar-refractivity contribution in [3.05, 3.63) is 23.8 Å². The Balaban J connectivity index is 2.73. The molecule has 0 aliphatic heterocycles. The van der Waals surface area contributed by atoms with Crippen LogP contribution in [0.4, 0.5) is 5.69 Å². The predicted molar refractivity (Wildman–Crippen MR) is 64.5 cm³/mol. The summed E-state index contributed by atoms with van der Waals surface area (Å²) in [5, 5.41) is 12.1. The first-order chi connectivity index (χ1) is 7.04. The number of hydrogen-bond acceptors (Lipinski definition) is 2. The number of aryl methyl sites for hydroxylation is 1. The van der Waals surface area contributed by atoms with E-state index in [0.29, 0.717) is 5.69 Å². The number of hydrogen-bond donors (Lipinski definition) is 2. The Labute approximate surface area is 97.6 Å². The lowest BCUT2D eigenvalue weighted by Gasteiger charge is -2.09. The van der Waals surface area contributed by atoms with Crippen LogP contribution < -0.4 is 5.32 Å². The smallest absolute Gasteiger partial charge is 0.238 e. The normalized spacial score (nSPS) is 12.2. The summed E-state index contributed by atoms with van der Waals surface area (Å²) in [6.45, 7) is 3.72. The van der Waals surface area contributed by atoms with Gasteiger partial charge in [-0.1, -0.05) is 22.9 Å². The molecule has 0 aliphatic carbocycles. The minimum absolute atomic E-state index is 0.0670. The fraction of sp³-hybridized carbons (Fsp3) is 0.364. The van der Waals surface area contributed by atoms with E-state index in [2.05, 4.69) is 21.2 Å². The van der Waals surface area contributed by atoms with Crippen LogP contribution in [0.25, 0.3) is 0 Å². The molecule has 1 atom stereocenters. The van der Waals surface area contributed by atoms with Gasteiger partial charge < -0.3 is 10.4 Å². The summed E-state index contributed by atoms with van der Waals surface area (Å²) in [5.74, 6) is 0.168. The summed E-state index contributed by atoms with van der Waals surface area (Å²) < 4.78 is 0. The molecule has 1 aromatic carbocycles. The van der Waals surface area contributed by atoms with Crippen LogP contribution in [-0.4, -0.2) is 15.8 Å². The van der Waals surface area contributed by atoms with Gasteiger partial charge in [-0.25, -0.2) is 0 Å². The minimum Gasteiger partial charge on any atom is -0.508 e. The summed E-state index contributed by atoms with van der Waals surface area (Å²) in [7, 11) is 0. The van der Waals surface area contributed by atoms with E-state index in [9.17, 15) is 9.90 Å². The Morgan fingerprint density at radius 1 is 1.60 bits per heavy atom. The number of rotatable bonds is 3. The van der Waals surface area contributed by atoms with E-state index in [0.717, 1.165) is 12.0 Å². The van der Waals surface area contributed by atoms with E-state index in [4.69, 9.17) is 0 Å². The summed E-state index contributed by atoms with van der Waals surface area (Å²) >= 11 is 3.27. The fourth-order valence-electron chi connectivity index (χ4n) is 1.14. The molecule has 1 unspecified atom stereocenters. The third-order valence-corrected chi connectivity index (χ3v) is 3.17. The molecular weight excluding hydrogens is 258 g/mol. The molecule has 82 valence electrons. The first-order valence-electron chi connectivity index (χ1n) is 4.79. The highest BCUT2D eigenvalue weighted by atomic mass is 79.9. The summed E-state index contributed by atoms with van der Waals surface area (Å²) in [6.07, 6.45) is 0.739. The van der Waals surface area contributed by atoms with Gasteiger partial charge in [-0.05, 0) is 37.1 Å². The minimum atomic E-state index is -0.174. The van der Waals surface area contributed by atoms with E-state index in [1.165, 1.54) is 0 Å². The zero-order valence-corrected chi connectivity index (χ0v) is 10.3. The molecule has 0 spiro atoms. The number of aromatic hydroxyl groups is 1. The number of phenols is 1. The maximum Gasteiger partial charge on any atom is 0.238 e. The molecule has 0 saturated heterocycles. The predicted octanol–water partition coefficient (Wildman–Crippen LogP) is 2.81. The monoisotopic (exact) mass is 271 g/mol. The van der Waals surface area contributed by atoms with E-state index in [1.807, 2.05) is 6.92 Å². The summed E-state index contributed by atoms with van der Waals surface area (Å²) in [4.78, 5) is 11.3. The van der Waals surface area contributed by atoms with Crippen LogP contribution in [0.5, 0.6) is 5.75 Å². The third kappa shape index (κ3) is 3.23. The average molecular weight is 272 g/mol. The van der Waals surface area contributed by atoms with Crippen molar-refractivity contribution >= 4 is 27.5 Å². The second kappa shape index (κ2) is 5.16. The third-order valence-electron chi connectivity index (χ3n) is 2.11. The van der Waals surface area contributed by atoms with Crippen molar-refractivity contribution in [3.63, 3.8) is 0 Å². The Morgan fingerprint density at radius 3 is 2.80 bits per heavy atom. The van der Waals surface area contributed by atoms with Gasteiger partial charge in [-0.3, -0.25) is 4.79 Å². The first kappa shape index (κ1) is 12.0. The molecular formula is C11H14BrNO2. The van der Waals surface area contributed by atoms with Gasteiger partial charge >= 0.3 is 0 Å². The van der Waals surface area contributed by atoms with E-state index in [-0.39, 0.29) is 16.5 Å². The van der Waals surface area contributed by atoms with Gasteiger partial charge in [0, 0.05) is 5.69 Å². The molecule has 1 rings (SSSR count).